The van der Waals surface area contributed by atoms with Crippen molar-refractivity contribution in [2.45, 2.75) is 6.04 Å². The maximum Gasteiger partial charge on any atom is 0.288 e. The Morgan fingerprint density at radius 1 is 1.03 bits per heavy atom. The van der Waals surface area contributed by atoms with Crippen LogP contribution in [0.3, 0.4) is 0 Å². The Morgan fingerprint density at radius 2 is 1.73 bits per heavy atom. The number of carbonyl (C=O) groups excluding carboxylic acids is 2. The fourth-order valence-electron chi connectivity index (χ4n) is 3.13. The number of amides is 2. The smallest absolute Gasteiger partial charge is 0.288 e. The van der Waals surface area contributed by atoms with E-state index in [-0.39, 0.29) is 24.4 Å². The number of halogens is 2. The highest BCUT2D eigenvalue weighted by Gasteiger charge is 2.23. The molecule has 1 unspecified atom stereocenters. The van der Waals surface area contributed by atoms with Crippen LogP contribution in [0.4, 0.5) is 5.69 Å². The first-order chi connectivity index (χ1) is 14.5. The third-order valence-electron chi connectivity index (χ3n) is 4.57. The molecule has 8 heteroatoms. The summed E-state index contributed by atoms with van der Waals surface area (Å²) in [5.41, 5.74) is 4.97. The molecule has 3 aromatic carbocycles. The fourth-order valence-corrected chi connectivity index (χ4v) is 3.73. The minimum Gasteiger partial charge on any atom is -0.328 e. The molecule has 0 radical (unpaired) electrons. The summed E-state index contributed by atoms with van der Waals surface area (Å²) in [6.45, 7) is 0.125. The Hall–Kier alpha value is -2.71. The highest BCUT2D eigenvalue weighted by molar-refractivity contribution is 9.10. The summed E-state index contributed by atoms with van der Waals surface area (Å²) in [5.74, 6) is 4.63. The number of rotatable bonds is 7. The fraction of sp³-hybridized carbons (Fsp3) is 0.0909. The first-order valence-corrected chi connectivity index (χ1v) is 10.4. The number of nitrogens with two attached hydrogens (primary N) is 2. The van der Waals surface area contributed by atoms with E-state index in [2.05, 4.69) is 26.7 Å². The van der Waals surface area contributed by atoms with E-state index >= 15 is 0 Å². The lowest BCUT2D eigenvalue weighted by Gasteiger charge is -2.20. The van der Waals surface area contributed by atoms with Crippen LogP contribution in [0.5, 0.6) is 0 Å². The molecule has 3 rings (SSSR count). The zero-order valence-corrected chi connectivity index (χ0v) is 18.3. The Kier molecular flexibility index (Phi) is 7.59. The predicted octanol–water partition coefficient (Wildman–Crippen LogP) is 3.00. The third-order valence-corrected chi connectivity index (χ3v) is 5.40. The summed E-state index contributed by atoms with van der Waals surface area (Å²) in [6.07, 6.45) is 0. The first kappa shape index (κ1) is 22.0. The highest BCUT2D eigenvalue weighted by atomic mass is 79.9. The number of hydrogen-bond acceptors (Lipinski definition) is 3. The van der Waals surface area contributed by atoms with Gasteiger partial charge in [0, 0.05) is 15.6 Å². The molecule has 1 atom stereocenters. The van der Waals surface area contributed by atoms with Crippen molar-refractivity contribution in [3.05, 3.63) is 99.0 Å². The van der Waals surface area contributed by atoms with E-state index in [1.807, 2.05) is 53.8 Å². The summed E-state index contributed by atoms with van der Waals surface area (Å²) >= 11 is 9.69. The van der Waals surface area contributed by atoms with Gasteiger partial charge in [-0.2, -0.15) is 0 Å². The lowest BCUT2D eigenvalue weighted by molar-refractivity contribution is -0.676. The summed E-state index contributed by atoms with van der Waals surface area (Å²) in [4.78, 5) is 24.6. The van der Waals surface area contributed by atoms with Gasteiger partial charge in [0.15, 0.2) is 6.54 Å². The first-order valence-electron chi connectivity index (χ1n) is 9.22. The van der Waals surface area contributed by atoms with E-state index in [1.54, 1.807) is 24.3 Å². The van der Waals surface area contributed by atoms with E-state index in [9.17, 15) is 9.59 Å². The van der Waals surface area contributed by atoms with Crippen LogP contribution in [0.1, 0.15) is 27.5 Å². The Balaban J connectivity index is 1.99. The molecule has 0 saturated carbocycles. The molecular formula is C22H21BrClN4O2+. The molecule has 0 heterocycles. The summed E-state index contributed by atoms with van der Waals surface area (Å²) < 4.78 is 0.853. The lowest BCUT2D eigenvalue weighted by atomic mass is 9.96. The van der Waals surface area contributed by atoms with Crippen LogP contribution in [0.25, 0.3) is 0 Å². The molecule has 154 valence electrons. The lowest BCUT2D eigenvalue weighted by Crippen LogP contribution is -2.88. The van der Waals surface area contributed by atoms with Crippen molar-refractivity contribution in [3.8, 4) is 0 Å². The Labute approximate surface area is 187 Å². The van der Waals surface area contributed by atoms with E-state index in [0.717, 1.165) is 15.6 Å². The van der Waals surface area contributed by atoms with Crippen molar-refractivity contribution in [2.24, 2.45) is 5.84 Å². The largest absolute Gasteiger partial charge is 0.328 e. The molecule has 0 saturated heterocycles. The molecule has 30 heavy (non-hydrogen) atoms. The number of nitrogens with one attached hydrogen (secondary N) is 2. The number of hydrazine groups is 1. The van der Waals surface area contributed by atoms with Gasteiger partial charge in [-0.25, -0.2) is 5.84 Å². The van der Waals surface area contributed by atoms with Crippen molar-refractivity contribution in [2.75, 3.05) is 11.9 Å². The highest BCUT2D eigenvalue weighted by Crippen LogP contribution is 2.30. The van der Waals surface area contributed by atoms with Gasteiger partial charge < -0.3 is 10.6 Å². The van der Waals surface area contributed by atoms with E-state index in [0.29, 0.717) is 16.3 Å². The molecule has 0 aliphatic heterocycles. The van der Waals surface area contributed by atoms with E-state index < -0.39 is 0 Å². The van der Waals surface area contributed by atoms with Crippen molar-refractivity contribution in [1.29, 1.82) is 0 Å². The SMILES string of the molecule is NNC(=O)C[NH2+]C(c1ccccc1)c1cc(Br)ccc1NC(=O)c1ccccc1Cl. The molecule has 0 aliphatic carbocycles. The van der Waals surface area contributed by atoms with Gasteiger partial charge in [-0.3, -0.25) is 15.0 Å². The Bertz CT molecular complexity index is 1050. The monoisotopic (exact) mass is 487 g/mol. The Morgan fingerprint density at radius 3 is 2.43 bits per heavy atom. The maximum atomic E-state index is 12.8. The normalized spacial score (nSPS) is 11.6. The number of quaternary nitrogens is 1. The van der Waals surface area contributed by atoms with Crippen LogP contribution < -0.4 is 21.9 Å². The number of hydrogen-bond donors (Lipinski definition) is 4. The van der Waals surface area contributed by atoms with Crippen molar-refractivity contribution in [3.63, 3.8) is 0 Å². The molecule has 6 nitrogen and oxygen atoms in total. The summed E-state index contributed by atoms with van der Waals surface area (Å²) in [7, 11) is 0. The molecule has 0 fully saturated rings. The maximum absolute atomic E-state index is 12.8. The van der Waals surface area contributed by atoms with Gasteiger partial charge >= 0.3 is 0 Å². The minimum absolute atomic E-state index is 0.125. The van der Waals surface area contributed by atoms with Crippen LogP contribution in [-0.2, 0) is 4.79 Å². The van der Waals surface area contributed by atoms with Gasteiger partial charge in [-0.05, 0) is 30.3 Å². The molecular weight excluding hydrogens is 468 g/mol. The van der Waals surface area contributed by atoms with Gasteiger partial charge in [0.05, 0.1) is 16.3 Å². The number of carbonyl (C=O) groups is 2. The van der Waals surface area contributed by atoms with Gasteiger partial charge in [0.2, 0.25) is 0 Å². The van der Waals surface area contributed by atoms with Crippen molar-refractivity contribution < 1.29 is 14.9 Å². The third kappa shape index (κ3) is 5.46. The second-order valence-electron chi connectivity index (χ2n) is 6.56. The second-order valence-corrected chi connectivity index (χ2v) is 7.88. The van der Waals surface area contributed by atoms with Gasteiger partial charge in [-0.15, -0.1) is 0 Å². The molecule has 2 amide bonds. The van der Waals surface area contributed by atoms with Gasteiger partial charge in [0.25, 0.3) is 11.8 Å². The minimum atomic E-state index is -0.310. The number of anilines is 1. The molecule has 0 spiro atoms. The topological polar surface area (TPSA) is 101 Å². The van der Waals surface area contributed by atoms with Crippen LogP contribution in [0.15, 0.2) is 77.3 Å². The second kappa shape index (κ2) is 10.4. The van der Waals surface area contributed by atoms with Gasteiger partial charge in [-0.1, -0.05) is 70.0 Å². The average Bonchev–Trinajstić information content (AvgIpc) is 2.76. The standard InChI is InChI=1S/C22H20BrClN4O2/c23-15-10-11-19(27-22(30)16-8-4-5-9-18(16)24)17(12-15)21(26-13-20(29)28-25)14-6-2-1-3-7-14/h1-12,21,26H,13,25H2,(H,27,30)(H,28,29)/p+1. The quantitative estimate of drug-likeness (QED) is 0.234. The van der Waals surface area contributed by atoms with Gasteiger partial charge in [0.1, 0.15) is 6.04 Å². The van der Waals surface area contributed by atoms with Crippen LogP contribution in [-0.4, -0.2) is 18.4 Å². The zero-order valence-electron chi connectivity index (χ0n) is 15.9. The predicted molar refractivity (Wildman–Crippen MR) is 121 cm³/mol. The number of benzene rings is 3. The molecule has 3 aromatic rings. The van der Waals surface area contributed by atoms with Crippen molar-refractivity contribution in [1.82, 2.24) is 5.43 Å². The van der Waals surface area contributed by atoms with Crippen LogP contribution >= 0.6 is 27.5 Å². The molecule has 6 N–H and O–H groups in total. The van der Waals surface area contributed by atoms with Crippen LogP contribution in [0.2, 0.25) is 5.02 Å². The average molecular weight is 489 g/mol. The van der Waals surface area contributed by atoms with E-state index in [1.165, 1.54) is 0 Å². The molecule has 0 bridgehead atoms. The summed E-state index contributed by atoms with van der Waals surface area (Å²) in [5, 5.41) is 5.20. The van der Waals surface area contributed by atoms with Crippen LogP contribution in [0, 0.1) is 0 Å². The molecule has 0 aromatic heterocycles. The molecule has 0 aliphatic rings. The van der Waals surface area contributed by atoms with Crippen molar-refractivity contribution >= 4 is 45.0 Å². The van der Waals surface area contributed by atoms with E-state index in [4.69, 9.17) is 17.4 Å². The summed E-state index contributed by atoms with van der Waals surface area (Å²) in [6, 6.07) is 22.0. The zero-order chi connectivity index (χ0) is 21.5.